The zero-order chi connectivity index (χ0) is 20.5. The molecule has 0 amide bonds. The minimum Gasteiger partial charge on any atom is -0.425 e. The molecule has 8 heteroatoms. The second-order valence-corrected chi connectivity index (χ2v) is 5.96. The van der Waals surface area contributed by atoms with E-state index in [4.69, 9.17) is 4.74 Å². The van der Waals surface area contributed by atoms with Crippen LogP contribution in [0.3, 0.4) is 0 Å². The maximum Gasteiger partial charge on any atom is 0.416 e. The van der Waals surface area contributed by atoms with Crippen LogP contribution in [0.25, 0.3) is 16.7 Å². The van der Waals surface area contributed by atoms with Crippen molar-refractivity contribution in [3.8, 4) is 11.4 Å². The molecule has 1 aromatic carbocycles. The first-order valence-electron chi connectivity index (χ1n) is 8.23. The van der Waals surface area contributed by atoms with Gasteiger partial charge in [-0.05, 0) is 36.8 Å². The minimum absolute atomic E-state index is 0.00297. The molecule has 0 saturated carbocycles. The normalized spacial score (nSPS) is 11.4. The van der Waals surface area contributed by atoms with Crippen molar-refractivity contribution in [2.75, 3.05) is 0 Å². The van der Waals surface area contributed by atoms with Crippen molar-refractivity contribution in [2.45, 2.75) is 19.5 Å². The van der Waals surface area contributed by atoms with E-state index in [9.17, 15) is 22.8 Å². The molecule has 0 N–H and O–H groups in total. The monoisotopic (exact) mass is 388 g/mol. The van der Waals surface area contributed by atoms with Crippen molar-refractivity contribution in [3.63, 3.8) is 0 Å². The number of rotatable bonds is 4. The van der Waals surface area contributed by atoms with Crippen LogP contribution in [0.5, 0.6) is 5.75 Å². The molecule has 0 aliphatic heterocycles. The van der Waals surface area contributed by atoms with Gasteiger partial charge in [-0.25, -0.2) is 4.98 Å². The molecule has 0 atom stereocenters. The van der Waals surface area contributed by atoms with Gasteiger partial charge in [-0.1, -0.05) is 12.1 Å². The van der Waals surface area contributed by atoms with Crippen LogP contribution in [-0.2, 0) is 17.4 Å². The number of carbonyl (C=O) groups is 1. The standard InChI is InChI=1S/C20H15F3N2O3/c1-3-6-16-17(28-12(2)26)15-9-5-10-24-18(15)25(19(16)27)14-8-4-7-13(11-14)20(21,22)23/h3-5,7-11H,1,6H2,2H3. The molecule has 2 aromatic heterocycles. The summed E-state index contributed by atoms with van der Waals surface area (Å²) >= 11 is 0. The van der Waals surface area contributed by atoms with Gasteiger partial charge < -0.3 is 4.74 Å². The summed E-state index contributed by atoms with van der Waals surface area (Å²) in [6.45, 7) is 4.79. The summed E-state index contributed by atoms with van der Waals surface area (Å²) in [4.78, 5) is 28.8. The summed E-state index contributed by atoms with van der Waals surface area (Å²) in [6.07, 6.45) is -1.66. The molecule has 0 saturated heterocycles. The zero-order valence-electron chi connectivity index (χ0n) is 14.8. The lowest BCUT2D eigenvalue weighted by atomic mass is 10.1. The molecular weight excluding hydrogens is 373 g/mol. The van der Waals surface area contributed by atoms with Gasteiger partial charge in [-0.2, -0.15) is 13.2 Å². The van der Waals surface area contributed by atoms with E-state index in [-0.39, 0.29) is 29.1 Å². The Morgan fingerprint density at radius 2 is 2.04 bits per heavy atom. The second-order valence-electron chi connectivity index (χ2n) is 5.96. The van der Waals surface area contributed by atoms with Crippen molar-refractivity contribution in [3.05, 3.63) is 76.7 Å². The van der Waals surface area contributed by atoms with Crippen LogP contribution in [-0.4, -0.2) is 15.5 Å². The third kappa shape index (κ3) is 3.53. The van der Waals surface area contributed by atoms with Crippen LogP contribution in [0.2, 0.25) is 0 Å². The van der Waals surface area contributed by atoms with E-state index >= 15 is 0 Å². The lowest BCUT2D eigenvalue weighted by Gasteiger charge is -2.17. The number of alkyl halides is 3. The highest BCUT2D eigenvalue weighted by Gasteiger charge is 2.31. The van der Waals surface area contributed by atoms with Crippen LogP contribution >= 0.6 is 0 Å². The van der Waals surface area contributed by atoms with Gasteiger partial charge in [0.05, 0.1) is 22.2 Å². The quantitative estimate of drug-likeness (QED) is 0.500. The van der Waals surface area contributed by atoms with Crippen molar-refractivity contribution >= 4 is 17.0 Å². The van der Waals surface area contributed by atoms with Crippen LogP contribution in [0.15, 0.2) is 60.0 Å². The number of nitrogens with zero attached hydrogens (tertiary/aromatic N) is 2. The number of fused-ring (bicyclic) bond motifs is 1. The highest BCUT2D eigenvalue weighted by molar-refractivity contribution is 5.87. The molecule has 0 unspecified atom stereocenters. The van der Waals surface area contributed by atoms with Gasteiger partial charge in [0, 0.05) is 13.1 Å². The van der Waals surface area contributed by atoms with Crippen molar-refractivity contribution in [1.29, 1.82) is 0 Å². The largest absolute Gasteiger partial charge is 0.425 e. The van der Waals surface area contributed by atoms with Crippen molar-refractivity contribution < 1.29 is 22.7 Å². The third-order valence-corrected chi connectivity index (χ3v) is 4.00. The predicted octanol–water partition coefficient (Wildman–Crippen LogP) is 4.06. The molecule has 0 aliphatic rings. The van der Waals surface area contributed by atoms with Gasteiger partial charge in [0.2, 0.25) is 0 Å². The Balaban J connectivity index is 2.42. The SMILES string of the molecule is C=CCc1c(OC(C)=O)c2cccnc2n(-c2cccc(C(F)(F)F)c2)c1=O. The molecule has 144 valence electrons. The van der Waals surface area contributed by atoms with Gasteiger partial charge in [0.25, 0.3) is 5.56 Å². The Labute approximate surface area is 157 Å². The molecule has 0 spiro atoms. The average Bonchev–Trinajstić information content (AvgIpc) is 2.64. The Morgan fingerprint density at radius 1 is 1.29 bits per heavy atom. The van der Waals surface area contributed by atoms with E-state index in [1.54, 1.807) is 12.1 Å². The number of hydrogen-bond donors (Lipinski definition) is 0. The number of halogens is 3. The van der Waals surface area contributed by atoms with E-state index in [0.29, 0.717) is 5.39 Å². The first kappa shape index (κ1) is 19.3. The number of esters is 1. The van der Waals surface area contributed by atoms with Crippen LogP contribution < -0.4 is 10.3 Å². The fraction of sp³-hybridized carbons (Fsp3) is 0.150. The van der Waals surface area contributed by atoms with Gasteiger partial charge in [0.1, 0.15) is 0 Å². The highest BCUT2D eigenvalue weighted by atomic mass is 19.4. The summed E-state index contributed by atoms with van der Waals surface area (Å²) in [7, 11) is 0. The lowest BCUT2D eigenvalue weighted by Crippen LogP contribution is -2.25. The van der Waals surface area contributed by atoms with Crippen molar-refractivity contribution in [2.24, 2.45) is 0 Å². The van der Waals surface area contributed by atoms with Crippen LogP contribution in [0.1, 0.15) is 18.1 Å². The fourth-order valence-electron chi connectivity index (χ4n) is 2.89. The third-order valence-electron chi connectivity index (χ3n) is 4.00. The molecule has 2 heterocycles. The zero-order valence-corrected chi connectivity index (χ0v) is 14.8. The van der Waals surface area contributed by atoms with E-state index in [0.717, 1.165) is 16.7 Å². The molecule has 3 rings (SSSR count). The van der Waals surface area contributed by atoms with E-state index < -0.39 is 23.3 Å². The summed E-state index contributed by atoms with van der Waals surface area (Å²) in [5.74, 6) is -0.601. The summed E-state index contributed by atoms with van der Waals surface area (Å²) < 4.78 is 45.7. The fourth-order valence-corrected chi connectivity index (χ4v) is 2.89. The Morgan fingerprint density at radius 3 is 2.68 bits per heavy atom. The number of allylic oxidation sites excluding steroid dienone is 1. The van der Waals surface area contributed by atoms with E-state index in [1.165, 1.54) is 31.3 Å². The van der Waals surface area contributed by atoms with Gasteiger partial charge in [-0.3, -0.25) is 14.2 Å². The second kappa shape index (κ2) is 7.30. The average molecular weight is 388 g/mol. The molecular formula is C20H15F3N2O3. The van der Waals surface area contributed by atoms with Gasteiger partial charge >= 0.3 is 12.1 Å². The number of pyridine rings is 2. The maximum atomic E-state index is 13.1. The summed E-state index contributed by atoms with van der Waals surface area (Å²) in [6, 6.07) is 7.55. The molecule has 0 aliphatic carbocycles. The molecule has 0 fully saturated rings. The maximum absolute atomic E-state index is 13.1. The van der Waals surface area contributed by atoms with Gasteiger partial charge in [-0.15, -0.1) is 6.58 Å². The Kier molecular flexibility index (Phi) is 5.04. The Bertz CT molecular complexity index is 1130. The predicted molar refractivity (Wildman–Crippen MR) is 97.6 cm³/mol. The minimum atomic E-state index is -4.57. The number of benzene rings is 1. The molecule has 0 bridgehead atoms. The highest BCUT2D eigenvalue weighted by Crippen LogP contribution is 2.32. The number of aromatic nitrogens is 2. The first-order valence-corrected chi connectivity index (χ1v) is 8.23. The van der Waals surface area contributed by atoms with E-state index in [2.05, 4.69) is 11.6 Å². The van der Waals surface area contributed by atoms with E-state index in [1.807, 2.05) is 0 Å². The van der Waals surface area contributed by atoms with Crippen LogP contribution in [0, 0.1) is 0 Å². The number of carbonyl (C=O) groups excluding carboxylic acids is 1. The first-order chi connectivity index (χ1) is 13.2. The lowest BCUT2D eigenvalue weighted by molar-refractivity contribution is -0.137. The molecule has 3 aromatic rings. The molecule has 0 radical (unpaired) electrons. The topological polar surface area (TPSA) is 61.2 Å². The van der Waals surface area contributed by atoms with Gasteiger partial charge in [0.15, 0.2) is 11.4 Å². The Hall–Kier alpha value is -3.42. The number of hydrogen-bond acceptors (Lipinski definition) is 4. The summed E-state index contributed by atoms with van der Waals surface area (Å²) in [5.41, 5.74) is -1.35. The van der Waals surface area contributed by atoms with Crippen LogP contribution in [0.4, 0.5) is 13.2 Å². The smallest absolute Gasteiger partial charge is 0.416 e. The summed E-state index contributed by atoms with van der Waals surface area (Å²) in [5, 5.41) is 0.326. The number of ether oxygens (including phenoxy) is 1. The molecule has 5 nitrogen and oxygen atoms in total. The molecule has 28 heavy (non-hydrogen) atoms. The van der Waals surface area contributed by atoms with Crippen molar-refractivity contribution in [1.82, 2.24) is 9.55 Å².